The normalized spacial score (nSPS) is 15.4. The Kier molecular flexibility index (Phi) is 2.21. The van der Waals surface area contributed by atoms with Crippen molar-refractivity contribution in [1.29, 1.82) is 0 Å². The number of halogens is 2. The molecule has 0 spiro atoms. The molecule has 2 nitrogen and oxygen atoms in total. The molecule has 1 aliphatic carbocycles. The van der Waals surface area contributed by atoms with Crippen molar-refractivity contribution in [3.63, 3.8) is 0 Å². The first-order chi connectivity index (χ1) is 7.74. The van der Waals surface area contributed by atoms with Crippen LogP contribution in [0.2, 0.25) is 5.15 Å². The lowest BCUT2D eigenvalue weighted by Crippen LogP contribution is -1.97. The van der Waals surface area contributed by atoms with Gasteiger partial charge in [0.2, 0.25) is 0 Å². The maximum atomic E-state index is 12.8. The summed E-state index contributed by atoms with van der Waals surface area (Å²) in [6.45, 7) is 0. The predicted molar refractivity (Wildman–Crippen MR) is 60.5 cm³/mol. The molecule has 0 saturated heterocycles. The van der Waals surface area contributed by atoms with Gasteiger partial charge in [0.25, 0.3) is 0 Å². The first-order valence-corrected chi connectivity index (χ1v) is 5.63. The highest BCUT2D eigenvalue weighted by molar-refractivity contribution is 6.29. The van der Waals surface area contributed by atoms with E-state index in [1.165, 1.54) is 25.0 Å². The second-order valence-electron chi connectivity index (χ2n) is 4.05. The largest absolute Gasteiger partial charge is 0.222 e. The minimum atomic E-state index is -0.255. The Balaban J connectivity index is 2.01. The molecule has 3 rings (SSSR count). The third-order valence-corrected chi connectivity index (χ3v) is 3.02. The van der Waals surface area contributed by atoms with E-state index in [1.807, 2.05) is 6.07 Å². The van der Waals surface area contributed by atoms with E-state index in [9.17, 15) is 4.39 Å². The van der Waals surface area contributed by atoms with Crippen molar-refractivity contribution in [2.45, 2.75) is 18.8 Å². The number of aromatic nitrogens is 2. The van der Waals surface area contributed by atoms with Gasteiger partial charge in [-0.05, 0) is 43.2 Å². The minimum absolute atomic E-state index is 0.255. The SMILES string of the molecule is Fc1ccc(-n2nc(C3CC3)cc2Cl)cc1. The van der Waals surface area contributed by atoms with Gasteiger partial charge < -0.3 is 0 Å². The highest BCUT2D eigenvalue weighted by atomic mass is 35.5. The van der Waals surface area contributed by atoms with Crippen LogP contribution in [0.5, 0.6) is 0 Å². The fourth-order valence-corrected chi connectivity index (χ4v) is 1.96. The Morgan fingerprint density at radius 2 is 1.94 bits per heavy atom. The highest BCUT2D eigenvalue weighted by Gasteiger charge is 2.27. The fraction of sp³-hybridized carbons (Fsp3) is 0.250. The molecule has 0 radical (unpaired) electrons. The van der Waals surface area contributed by atoms with Crippen LogP contribution in [0.4, 0.5) is 4.39 Å². The standard InChI is InChI=1S/C12H10ClFN2/c13-12-7-11(8-1-2-8)15-16(12)10-5-3-9(14)4-6-10/h3-8H,1-2H2. The van der Waals surface area contributed by atoms with Gasteiger partial charge in [0.1, 0.15) is 11.0 Å². The molecule has 0 bridgehead atoms. The summed E-state index contributed by atoms with van der Waals surface area (Å²) in [7, 11) is 0. The zero-order valence-corrected chi connectivity index (χ0v) is 9.28. The van der Waals surface area contributed by atoms with Crippen LogP contribution < -0.4 is 0 Å². The topological polar surface area (TPSA) is 17.8 Å². The van der Waals surface area contributed by atoms with E-state index in [4.69, 9.17) is 11.6 Å². The summed E-state index contributed by atoms with van der Waals surface area (Å²) in [5, 5.41) is 5.01. The zero-order chi connectivity index (χ0) is 11.1. The van der Waals surface area contributed by atoms with Gasteiger partial charge in [0.15, 0.2) is 0 Å². The van der Waals surface area contributed by atoms with Crippen LogP contribution in [0.1, 0.15) is 24.5 Å². The summed E-state index contributed by atoms with van der Waals surface area (Å²) in [4.78, 5) is 0. The quantitative estimate of drug-likeness (QED) is 0.780. The minimum Gasteiger partial charge on any atom is -0.222 e. The van der Waals surface area contributed by atoms with Crippen molar-refractivity contribution < 1.29 is 4.39 Å². The molecule has 16 heavy (non-hydrogen) atoms. The molecule has 82 valence electrons. The van der Waals surface area contributed by atoms with Gasteiger partial charge in [-0.25, -0.2) is 9.07 Å². The average molecular weight is 237 g/mol. The average Bonchev–Trinajstić information content (AvgIpc) is 3.04. The monoisotopic (exact) mass is 236 g/mol. The van der Waals surface area contributed by atoms with E-state index in [0.717, 1.165) is 11.4 Å². The van der Waals surface area contributed by atoms with Crippen LogP contribution in [0, 0.1) is 5.82 Å². The third kappa shape index (κ3) is 1.71. The summed E-state index contributed by atoms with van der Waals surface area (Å²) >= 11 is 6.10. The van der Waals surface area contributed by atoms with Gasteiger partial charge in [0, 0.05) is 5.92 Å². The number of rotatable bonds is 2. The molecule has 0 atom stereocenters. The van der Waals surface area contributed by atoms with Crippen LogP contribution in [-0.2, 0) is 0 Å². The zero-order valence-electron chi connectivity index (χ0n) is 8.53. The van der Waals surface area contributed by atoms with Gasteiger partial charge in [-0.2, -0.15) is 5.10 Å². The first kappa shape index (κ1) is 9.85. The lowest BCUT2D eigenvalue weighted by Gasteiger charge is -2.02. The van der Waals surface area contributed by atoms with E-state index in [1.54, 1.807) is 16.8 Å². The number of hydrogen-bond acceptors (Lipinski definition) is 1. The molecule has 1 heterocycles. The molecule has 0 unspecified atom stereocenters. The van der Waals surface area contributed by atoms with Crippen molar-refractivity contribution in [3.8, 4) is 5.69 Å². The van der Waals surface area contributed by atoms with Crippen molar-refractivity contribution in [1.82, 2.24) is 9.78 Å². The Labute approximate surface area is 97.7 Å². The Bertz CT molecular complexity index is 514. The fourth-order valence-electron chi connectivity index (χ4n) is 1.72. The molecule has 0 N–H and O–H groups in total. The van der Waals surface area contributed by atoms with Crippen molar-refractivity contribution in [2.24, 2.45) is 0 Å². The number of hydrogen-bond donors (Lipinski definition) is 0. The van der Waals surface area contributed by atoms with E-state index in [0.29, 0.717) is 11.1 Å². The van der Waals surface area contributed by atoms with Gasteiger partial charge in [-0.15, -0.1) is 0 Å². The maximum Gasteiger partial charge on any atom is 0.133 e. The Morgan fingerprint density at radius 1 is 1.25 bits per heavy atom. The molecular weight excluding hydrogens is 227 g/mol. The molecule has 1 aromatic heterocycles. The molecule has 4 heteroatoms. The summed E-state index contributed by atoms with van der Waals surface area (Å²) in [6.07, 6.45) is 2.38. The maximum absolute atomic E-state index is 12.8. The van der Waals surface area contributed by atoms with Gasteiger partial charge in [-0.3, -0.25) is 0 Å². The second-order valence-corrected chi connectivity index (χ2v) is 4.44. The van der Waals surface area contributed by atoms with Crippen molar-refractivity contribution in [3.05, 3.63) is 47.0 Å². The van der Waals surface area contributed by atoms with Crippen LogP contribution in [0.15, 0.2) is 30.3 Å². The van der Waals surface area contributed by atoms with E-state index >= 15 is 0 Å². The van der Waals surface area contributed by atoms with Crippen molar-refractivity contribution in [2.75, 3.05) is 0 Å². The van der Waals surface area contributed by atoms with E-state index < -0.39 is 0 Å². The summed E-state index contributed by atoms with van der Waals surface area (Å²) in [6, 6.07) is 8.05. The van der Waals surface area contributed by atoms with Crippen molar-refractivity contribution >= 4 is 11.6 Å². The number of nitrogens with zero attached hydrogens (tertiary/aromatic N) is 2. The van der Waals surface area contributed by atoms with Crippen LogP contribution in [0.3, 0.4) is 0 Å². The van der Waals surface area contributed by atoms with Gasteiger partial charge in [0.05, 0.1) is 11.4 Å². The summed E-state index contributed by atoms with van der Waals surface area (Å²) < 4.78 is 14.4. The predicted octanol–water partition coefficient (Wildman–Crippen LogP) is 3.54. The van der Waals surface area contributed by atoms with Gasteiger partial charge >= 0.3 is 0 Å². The van der Waals surface area contributed by atoms with Crippen LogP contribution >= 0.6 is 11.6 Å². The summed E-state index contributed by atoms with van der Waals surface area (Å²) in [5.41, 5.74) is 1.83. The molecule has 0 aliphatic heterocycles. The van der Waals surface area contributed by atoms with Crippen LogP contribution in [-0.4, -0.2) is 9.78 Å². The third-order valence-electron chi connectivity index (χ3n) is 2.75. The second kappa shape index (κ2) is 3.59. The Hall–Kier alpha value is -1.35. The molecule has 0 amide bonds. The van der Waals surface area contributed by atoms with E-state index in [-0.39, 0.29) is 5.82 Å². The first-order valence-electron chi connectivity index (χ1n) is 5.25. The lowest BCUT2D eigenvalue weighted by molar-refractivity contribution is 0.627. The molecule has 2 aromatic rings. The molecule has 1 aliphatic rings. The molecule has 1 aromatic carbocycles. The molecular formula is C12H10ClFN2. The smallest absolute Gasteiger partial charge is 0.133 e. The van der Waals surface area contributed by atoms with Gasteiger partial charge in [-0.1, -0.05) is 11.6 Å². The highest BCUT2D eigenvalue weighted by Crippen LogP contribution is 2.40. The van der Waals surface area contributed by atoms with E-state index in [2.05, 4.69) is 5.10 Å². The molecule has 1 saturated carbocycles. The molecule has 1 fully saturated rings. The van der Waals surface area contributed by atoms with Crippen LogP contribution in [0.25, 0.3) is 5.69 Å². The summed E-state index contributed by atoms with van der Waals surface area (Å²) in [5.74, 6) is 0.314. The lowest BCUT2D eigenvalue weighted by atomic mass is 10.3. The Morgan fingerprint density at radius 3 is 2.56 bits per heavy atom. The number of benzene rings is 1.